The molecule has 1 aromatic heterocycles. The normalized spacial score (nSPS) is 16.8. The van der Waals surface area contributed by atoms with Crippen LogP contribution < -0.4 is 0 Å². The van der Waals surface area contributed by atoms with Gasteiger partial charge in [-0.05, 0) is 18.9 Å². The number of carbonyl (C=O) groups is 1. The van der Waals surface area contributed by atoms with Crippen LogP contribution in [-0.4, -0.2) is 16.1 Å². The third kappa shape index (κ3) is 1.66. The zero-order chi connectivity index (χ0) is 11.8. The Morgan fingerprint density at radius 1 is 1.35 bits per heavy atom. The Kier molecular flexibility index (Phi) is 2.46. The van der Waals surface area contributed by atoms with Crippen LogP contribution in [0.3, 0.4) is 0 Å². The predicted molar refractivity (Wildman–Crippen MR) is 67.3 cm³/mol. The minimum absolute atomic E-state index is 0.612. The van der Waals surface area contributed by atoms with E-state index in [0.29, 0.717) is 5.92 Å². The van der Waals surface area contributed by atoms with Crippen molar-refractivity contribution in [3.8, 4) is 0 Å². The molecule has 3 rings (SSSR count). The van der Waals surface area contributed by atoms with Crippen molar-refractivity contribution in [1.29, 1.82) is 0 Å². The molecule has 0 bridgehead atoms. The van der Waals surface area contributed by atoms with Gasteiger partial charge in [-0.2, -0.15) is 5.10 Å². The molecule has 0 aliphatic heterocycles. The van der Waals surface area contributed by atoms with E-state index in [2.05, 4.69) is 5.10 Å². The second-order valence-corrected chi connectivity index (χ2v) is 4.88. The molecule has 17 heavy (non-hydrogen) atoms. The number of carbonyl (C=O) groups excluding carboxylic acids is 1. The van der Waals surface area contributed by atoms with Crippen LogP contribution in [-0.2, 0) is 7.05 Å². The summed E-state index contributed by atoms with van der Waals surface area (Å²) < 4.78 is 1.90. The van der Waals surface area contributed by atoms with Crippen LogP contribution in [0.15, 0.2) is 18.2 Å². The number of benzene rings is 1. The molecular weight excluding hydrogens is 212 g/mol. The predicted octanol–water partition coefficient (Wildman–Crippen LogP) is 3.04. The Hall–Kier alpha value is -1.64. The van der Waals surface area contributed by atoms with Crippen molar-refractivity contribution in [2.45, 2.75) is 31.6 Å². The molecule has 1 fully saturated rings. The van der Waals surface area contributed by atoms with Crippen LogP contribution in [0, 0.1) is 0 Å². The molecular formula is C14H16N2O. The molecule has 3 nitrogen and oxygen atoms in total. The van der Waals surface area contributed by atoms with Crippen LogP contribution in [0.2, 0.25) is 0 Å². The molecule has 0 radical (unpaired) electrons. The number of aromatic nitrogens is 2. The average Bonchev–Trinajstić information content (AvgIpc) is 2.97. The number of rotatable bonds is 2. The summed E-state index contributed by atoms with van der Waals surface area (Å²) in [5.41, 5.74) is 3.01. The third-order valence-electron chi connectivity index (χ3n) is 3.78. The number of aldehydes is 1. The monoisotopic (exact) mass is 228 g/mol. The van der Waals surface area contributed by atoms with Crippen molar-refractivity contribution >= 4 is 17.2 Å². The molecule has 0 N–H and O–H groups in total. The first-order chi connectivity index (χ1) is 8.29. The van der Waals surface area contributed by atoms with E-state index in [1.165, 1.54) is 36.8 Å². The number of hydrogen-bond acceptors (Lipinski definition) is 2. The van der Waals surface area contributed by atoms with Gasteiger partial charge in [0.1, 0.15) is 6.29 Å². The molecule has 1 heterocycles. The second-order valence-electron chi connectivity index (χ2n) is 4.88. The molecule has 0 atom stereocenters. The molecule has 0 saturated heterocycles. The maximum absolute atomic E-state index is 10.8. The lowest BCUT2D eigenvalue weighted by molar-refractivity contribution is 0.112. The fraction of sp³-hybridized carbons (Fsp3) is 0.429. The SMILES string of the molecule is Cn1nc(C2CCCC2)c2ccc(C=O)cc21. The van der Waals surface area contributed by atoms with Gasteiger partial charge in [-0.3, -0.25) is 9.48 Å². The smallest absolute Gasteiger partial charge is 0.150 e. The summed E-state index contributed by atoms with van der Waals surface area (Å²) in [6, 6.07) is 5.85. The van der Waals surface area contributed by atoms with E-state index in [-0.39, 0.29) is 0 Å². The van der Waals surface area contributed by atoms with Crippen LogP contribution in [0.5, 0.6) is 0 Å². The number of aryl methyl sites for hydroxylation is 1. The Balaban J connectivity index is 2.16. The molecule has 88 valence electrons. The van der Waals surface area contributed by atoms with Gasteiger partial charge < -0.3 is 0 Å². The second kappa shape index (κ2) is 3.99. The topological polar surface area (TPSA) is 34.9 Å². The van der Waals surface area contributed by atoms with Crippen LogP contribution in [0.1, 0.15) is 47.7 Å². The zero-order valence-electron chi connectivity index (χ0n) is 10.0. The van der Waals surface area contributed by atoms with Gasteiger partial charge in [0.25, 0.3) is 0 Å². The van der Waals surface area contributed by atoms with Crippen LogP contribution in [0.4, 0.5) is 0 Å². The number of hydrogen-bond donors (Lipinski definition) is 0. The maximum Gasteiger partial charge on any atom is 0.150 e. The van der Waals surface area contributed by atoms with E-state index in [4.69, 9.17) is 0 Å². The van der Waals surface area contributed by atoms with Gasteiger partial charge in [-0.25, -0.2) is 0 Å². The van der Waals surface area contributed by atoms with Gasteiger partial charge in [-0.1, -0.05) is 25.0 Å². The van der Waals surface area contributed by atoms with E-state index in [1.807, 2.05) is 29.9 Å². The fourth-order valence-electron chi connectivity index (χ4n) is 2.88. The highest BCUT2D eigenvalue weighted by atomic mass is 16.1. The van der Waals surface area contributed by atoms with Crippen molar-refractivity contribution in [2.75, 3.05) is 0 Å². The first-order valence-corrected chi connectivity index (χ1v) is 6.21. The van der Waals surface area contributed by atoms with Crippen molar-refractivity contribution in [1.82, 2.24) is 9.78 Å². The van der Waals surface area contributed by atoms with E-state index in [9.17, 15) is 4.79 Å². The quantitative estimate of drug-likeness (QED) is 0.740. The van der Waals surface area contributed by atoms with Gasteiger partial charge in [0.05, 0.1) is 11.2 Å². The average molecular weight is 228 g/mol. The fourth-order valence-corrected chi connectivity index (χ4v) is 2.88. The van der Waals surface area contributed by atoms with E-state index in [0.717, 1.165) is 17.4 Å². The first-order valence-electron chi connectivity index (χ1n) is 6.21. The van der Waals surface area contributed by atoms with Crippen molar-refractivity contribution in [3.63, 3.8) is 0 Å². The summed E-state index contributed by atoms with van der Waals surface area (Å²) in [5.74, 6) is 0.612. The van der Waals surface area contributed by atoms with Crippen molar-refractivity contribution in [2.24, 2.45) is 7.05 Å². The van der Waals surface area contributed by atoms with Crippen molar-refractivity contribution < 1.29 is 4.79 Å². The minimum atomic E-state index is 0.612. The minimum Gasteiger partial charge on any atom is -0.298 e. The number of fused-ring (bicyclic) bond motifs is 1. The maximum atomic E-state index is 10.8. The highest BCUT2D eigenvalue weighted by Crippen LogP contribution is 2.36. The van der Waals surface area contributed by atoms with Crippen LogP contribution >= 0.6 is 0 Å². The van der Waals surface area contributed by atoms with Gasteiger partial charge in [0, 0.05) is 23.9 Å². The standard InChI is InChI=1S/C14H16N2O/c1-16-13-8-10(9-17)6-7-12(13)14(15-16)11-4-2-3-5-11/h6-9,11H,2-5H2,1H3. The summed E-state index contributed by atoms with van der Waals surface area (Å²) in [5, 5.41) is 5.86. The third-order valence-corrected chi connectivity index (χ3v) is 3.78. The highest BCUT2D eigenvalue weighted by Gasteiger charge is 2.22. The summed E-state index contributed by atoms with van der Waals surface area (Å²) in [7, 11) is 1.95. The molecule has 0 unspecified atom stereocenters. The molecule has 0 spiro atoms. The molecule has 1 aromatic carbocycles. The van der Waals surface area contributed by atoms with Crippen LogP contribution in [0.25, 0.3) is 10.9 Å². The lowest BCUT2D eigenvalue weighted by atomic mass is 10.00. The van der Waals surface area contributed by atoms with Crippen molar-refractivity contribution in [3.05, 3.63) is 29.5 Å². The van der Waals surface area contributed by atoms with Gasteiger partial charge in [0.15, 0.2) is 0 Å². The highest BCUT2D eigenvalue weighted by molar-refractivity contribution is 5.88. The summed E-state index contributed by atoms with van der Waals surface area (Å²) >= 11 is 0. The molecule has 1 aliphatic carbocycles. The molecule has 2 aromatic rings. The van der Waals surface area contributed by atoms with Gasteiger partial charge >= 0.3 is 0 Å². The molecule has 1 saturated carbocycles. The Labute approximate surface area is 100 Å². The van der Waals surface area contributed by atoms with E-state index < -0.39 is 0 Å². The van der Waals surface area contributed by atoms with Gasteiger partial charge in [-0.15, -0.1) is 0 Å². The lowest BCUT2D eigenvalue weighted by Crippen LogP contribution is -1.96. The Morgan fingerprint density at radius 3 is 2.82 bits per heavy atom. The van der Waals surface area contributed by atoms with E-state index >= 15 is 0 Å². The number of nitrogens with zero attached hydrogens (tertiary/aromatic N) is 2. The summed E-state index contributed by atoms with van der Waals surface area (Å²) in [6.45, 7) is 0. The summed E-state index contributed by atoms with van der Waals surface area (Å²) in [6.07, 6.45) is 6.02. The Morgan fingerprint density at radius 2 is 2.12 bits per heavy atom. The Bertz CT molecular complexity index is 565. The molecule has 3 heteroatoms. The zero-order valence-corrected chi connectivity index (χ0v) is 10.0. The molecule has 0 amide bonds. The lowest BCUT2D eigenvalue weighted by Gasteiger charge is -2.04. The largest absolute Gasteiger partial charge is 0.298 e. The summed E-state index contributed by atoms with van der Waals surface area (Å²) in [4.78, 5) is 10.8. The molecule has 1 aliphatic rings. The van der Waals surface area contributed by atoms with E-state index in [1.54, 1.807) is 0 Å². The first kappa shape index (κ1) is 10.5. The van der Waals surface area contributed by atoms with Gasteiger partial charge in [0.2, 0.25) is 0 Å².